The first-order valence-electron chi connectivity index (χ1n) is 5.72. The Labute approximate surface area is 120 Å². The van der Waals surface area contributed by atoms with Crippen LogP contribution in [0.15, 0.2) is 35.1 Å². The van der Waals surface area contributed by atoms with Crippen LogP contribution in [0.5, 0.6) is 5.75 Å². The Morgan fingerprint density at radius 3 is 2.68 bits per heavy atom. The number of nitrogens with one attached hydrogen (secondary N) is 1. The fourth-order valence-corrected chi connectivity index (χ4v) is 2.19. The van der Waals surface area contributed by atoms with Crippen molar-refractivity contribution in [3.05, 3.63) is 35.1 Å². The molecule has 1 aromatic carbocycles. The molecule has 1 N–H and O–H groups in total. The van der Waals surface area contributed by atoms with Crippen LogP contribution in [0.2, 0.25) is 0 Å². The normalized spacial score (nSPS) is 10.1. The first kappa shape index (κ1) is 13.6. The molecule has 0 radical (unpaired) electrons. The number of nitrogens with zero attached hydrogens (tertiary/aromatic N) is 3. The molecule has 0 atom stereocenters. The molecular formula is C13H15BrN4O. The Morgan fingerprint density at radius 1 is 1.26 bits per heavy atom. The third kappa shape index (κ3) is 2.96. The van der Waals surface area contributed by atoms with Gasteiger partial charge in [0.05, 0.1) is 11.6 Å². The lowest BCUT2D eigenvalue weighted by molar-refractivity contribution is 0.412. The minimum Gasteiger partial charge on any atom is -0.496 e. The number of anilines is 3. The van der Waals surface area contributed by atoms with Gasteiger partial charge in [0.1, 0.15) is 23.7 Å². The zero-order valence-corrected chi connectivity index (χ0v) is 12.6. The fourth-order valence-electron chi connectivity index (χ4n) is 1.66. The SMILES string of the molecule is CNc1cc(N(C)c2ccc(OC)c(Br)c2)ncn1. The molecule has 0 amide bonds. The van der Waals surface area contributed by atoms with Gasteiger partial charge in [-0.2, -0.15) is 0 Å². The monoisotopic (exact) mass is 322 g/mol. The number of hydrogen-bond donors (Lipinski definition) is 1. The number of ether oxygens (including phenoxy) is 1. The third-order valence-corrected chi connectivity index (χ3v) is 3.39. The highest BCUT2D eigenvalue weighted by Gasteiger charge is 2.09. The van der Waals surface area contributed by atoms with Gasteiger partial charge < -0.3 is 15.0 Å². The van der Waals surface area contributed by atoms with E-state index in [1.165, 1.54) is 6.33 Å². The number of halogens is 1. The minimum absolute atomic E-state index is 0.782. The molecule has 0 unspecified atom stereocenters. The molecule has 0 fully saturated rings. The molecule has 0 aliphatic heterocycles. The van der Waals surface area contributed by atoms with Crippen molar-refractivity contribution >= 4 is 33.3 Å². The van der Waals surface area contributed by atoms with Gasteiger partial charge in [-0.1, -0.05) is 0 Å². The van der Waals surface area contributed by atoms with Crippen LogP contribution < -0.4 is 15.0 Å². The van der Waals surface area contributed by atoms with E-state index in [2.05, 4.69) is 31.2 Å². The van der Waals surface area contributed by atoms with E-state index < -0.39 is 0 Å². The molecule has 0 spiro atoms. The van der Waals surface area contributed by atoms with Crippen LogP contribution in [0.4, 0.5) is 17.3 Å². The van der Waals surface area contributed by atoms with Gasteiger partial charge in [-0.25, -0.2) is 9.97 Å². The van der Waals surface area contributed by atoms with Crippen molar-refractivity contribution in [2.24, 2.45) is 0 Å². The van der Waals surface area contributed by atoms with Crippen LogP contribution in [0.25, 0.3) is 0 Å². The van der Waals surface area contributed by atoms with Crippen LogP contribution in [-0.4, -0.2) is 31.2 Å². The molecule has 1 heterocycles. The van der Waals surface area contributed by atoms with Crippen molar-refractivity contribution in [3.63, 3.8) is 0 Å². The van der Waals surface area contributed by atoms with E-state index in [1.54, 1.807) is 7.11 Å². The minimum atomic E-state index is 0.782. The van der Waals surface area contributed by atoms with Gasteiger partial charge in [0, 0.05) is 25.8 Å². The molecule has 0 aliphatic carbocycles. The average Bonchev–Trinajstić information content (AvgIpc) is 2.46. The Balaban J connectivity index is 2.32. The Morgan fingerprint density at radius 2 is 2.05 bits per heavy atom. The molecule has 19 heavy (non-hydrogen) atoms. The molecule has 0 bridgehead atoms. The summed E-state index contributed by atoms with van der Waals surface area (Å²) in [5, 5.41) is 3.00. The molecule has 0 saturated heterocycles. The maximum Gasteiger partial charge on any atom is 0.138 e. The molecule has 5 nitrogen and oxygen atoms in total. The third-order valence-electron chi connectivity index (χ3n) is 2.78. The van der Waals surface area contributed by atoms with Crippen LogP contribution in [0.3, 0.4) is 0 Å². The van der Waals surface area contributed by atoms with Gasteiger partial charge in [-0.15, -0.1) is 0 Å². The van der Waals surface area contributed by atoms with Gasteiger partial charge in [0.15, 0.2) is 0 Å². The van der Waals surface area contributed by atoms with Gasteiger partial charge in [0.25, 0.3) is 0 Å². The van der Waals surface area contributed by atoms with Crippen molar-refractivity contribution in [2.75, 3.05) is 31.4 Å². The first-order valence-corrected chi connectivity index (χ1v) is 6.52. The maximum atomic E-state index is 5.22. The zero-order valence-electron chi connectivity index (χ0n) is 11.0. The molecule has 6 heteroatoms. The molecule has 2 rings (SSSR count). The quantitative estimate of drug-likeness (QED) is 0.937. The summed E-state index contributed by atoms with van der Waals surface area (Å²) in [6.45, 7) is 0. The highest BCUT2D eigenvalue weighted by Crippen LogP contribution is 2.31. The summed E-state index contributed by atoms with van der Waals surface area (Å²) in [4.78, 5) is 10.3. The lowest BCUT2D eigenvalue weighted by Crippen LogP contribution is -2.12. The lowest BCUT2D eigenvalue weighted by atomic mass is 10.3. The molecule has 0 aliphatic rings. The molecule has 2 aromatic rings. The summed E-state index contributed by atoms with van der Waals surface area (Å²) in [5.41, 5.74) is 1.01. The molecule has 1 aromatic heterocycles. The fraction of sp³-hybridized carbons (Fsp3) is 0.231. The van der Waals surface area contributed by atoms with Crippen molar-refractivity contribution in [1.82, 2.24) is 9.97 Å². The zero-order chi connectivity index (χ0) is 13.8. The van der Waals surface area contributed by atoms with E-state index in [0.29, 0.717) is 0 Å². The van der Waals surface area contributed by atoms with E-state index in [1.807, 2.05) is 43.3 Å². The Kier molecular flexibility index (Phi) is 4.21. The van der Waals surface area contributed by atoms with Crippen molar-refractivity contribution in [1.29, 1.82) is 0 Å². The van der Waals surface area contributed by atoms with Crippen molar-refractivity contribution in [3.8, 4) is 5.75 Å². The number of methoxy groups -OCH3 is 1. The summed E-state index contributed by atoms with van der Waals surface area (Å²) >= 11 is 3.48. The van der Waals surface area contributed by atoms with E-state index in [9.17, 15) is 0 Å². The van der Waals surface area contributed by atoms with Crippen LogP contribution in [0, 0.1) is 0 Å². The first-order chi connectivity index (χ1) is 9.15. The summed E-state index contributed by atoms with van der Waals surface area (Å²) in [5.74, 6) is 2.40. The summed E-state index contributed by atoms with van der Waals surface area (Å²) in [6, 6.07) is 7.76. The van der Waals surface area contributed by atoms with E-state index >= 15 is 0 Å². The largest absolute Gasteiger partial charge is 0.496 e. The van der Waals surface area contributed by atoms with Crippen LogP contribution >= 0.6 is 15.9 Å². The number of benzene rings is 1. The predicted molar refractivity (Wildman–Crippen MR) is 80.3 cm³/mol. The van der Waals surface area contributed by atoms with Gasteiger partial charge >= 0.3 is 0 Å². The van der Waals surface area contributed by atoms with Crippen LogP contribution in [0.1, 0.15) is 0 Å². The highest BCUT2D eigenvalue weighted by atomic mass is 79.9. The smallest absolute Gasteiger partial charge is 0.138 e. The average molecular weight is 323 g/mol. The number of aromatic nitrogens is 2. The molecule has 100 valence electrons. The topological polar surface area (TPSA) is 50.3 Å². The summed E-state index contributed by atoms with van der Waals surface area (Å²) < 4.78 is 6.13. The van der Waals surface area contributed by atoms with Gasteiger partial charge in [-0.05, 0) is 34.1 Å². The van der Waals surface area contributed by atoms with Gasteiger partial charge in [0.2, 0.25) is 0 Å². The van der Waals surface area contributed by atoms with E-state index in [0.717, 1.165) is 27.5 Å². The Bertz CT molecular complexity index is 576. The van der Waals surface area contributed by atoms with E-state index in [4.69, 9.17) is 4.74 Å². The standard InChI is InChI=1S/C13H15BrN4O/c1-15-12-7-13(17-8-16-12)18(2)9-4-5-11(19-3)10(14)6-9/h4-8H,1-3H3,(H,15,16,17). The highest BCUT2D eigenvalue weighted by molar-refractivity contribution is 9.10. The predicted octanol–water partition coefficient (Wildman–Crippen LogP) is 3.06. The molecule has 0 saturated carbocycles. The lowest BCUT2D eigenvalue weighted by Gasteiger charge is -2.19. The van der Waals surface area contributed by atoms with E-state index in [-0.39, 0.29) is 0 Å². The molecular weight excluding hydrogens is 308 g/mol. The maximum absolute atomic E-state index is 5.22. The number of rotatable bonds is 4. The van der Waals surface area contributed by atoms with Crippen molar-refractivity contribution < 1.29 is 4.74 Å². The number of hydrogen-bond acceptors (Lipinski definition) is 5. The van der Waals surface area contributed by atoms with Gasteiger partial charge in [-0.3, -0.25) is 0 Å². The summed E-state index contributed by atoms with van der Waals surface area (Å²) in [7, 11) is 5.43. The van der Waals surface area contributed by atoms with Crippen molar-refractivity contribution in [2.45, 2.75) is 0 Å². The second-order valence-electron chi connectivity index (χ2n) is 3.89. The second-order valence-corrected chi connectivity index (χ2v) is 4.74. The summed E-state index contributed by atoms with van der Waals surface area (Å²) in [6.07, 6.45) is 1.54. The Hall–Kier alpha value is -1.82. The second kappa shape index (κ2) is 5.88. The van der Waals surface area contributed by atoms with Crippen LogP contribution in [-0.2, 0) is 0 Å².